The van der Waals surface area contributed by atoms with Gasteiger partial charge in [-0.3, -0.25) is 0 Å². The lowest BCUT2D eigenvalue weighted by Crippen LogP contribution is -1.95. The monoisotopic (exact) mass is 271 g/mol. The van der Waals surface area contributed by atoms with Crippen LogP contribution in [0.4, 0.5) is 4.39 Å². The van der Waals surface area contributed by atoms with Crippen molar-refractivity contribution in [3.05, 3.63) is 53.3 Å². The molecule has 0 radical (unpaired) electrons. The van der Waals surface area contributed by atoms with Crippen LogP contribution in [0.15, 0.2) is 40.8 Å². The molecule has 0 saturated heterocycles. The van der Waals surface area contributed by atoms with E-state index in [1.165, 1.54) is 18.2 Å². The number of carboxylic acid groups (broad SMARTS) is 1. The first-order valence-corrected chi connectivity index (χ1v) is 5.95. The number of hydrogen-bond acceptors (Lipinski definition) is 3. The van der Waals surface area contributed by atoms with E-state index in [1.807, 2.05) is 0 Å². The molecule has 0 aliphatic rings. The van der Waals surface area contributed by atoms with Crippen molar-refractivity contribution in [1.82, 2.24) is 4.98 Å². The van der Waals surface area contributed by atoms with Crippen LogP contribution in [0.2, 0.25) is 0 Å². The Labute approximate surface area is 113 Å². The normalized spacial score (nSPS) is 10.9. The lowest BCUT2D eigenvalue weighted by atomic mass is 10.1. The number of rotatable bonds is 2. The number of oxazole rings is 1. The Kier molecular flexibility index (Phi) is 2.75. The van der Waals surface area contributed by atoms with Crippen LogP contribution in [0.5, 0.6) is 0 Å². The number of aromatic carboxylic acids is 1. The van der Waals surface area contributed by atoms with E-state index in [0.717, 1.165) is 0 Å². The highest BCUT2D eigenvalue weighted by Crippen LogP contribution is 2.28. The van der Waals surface area contributed by atoms with Gasteiger partial charge in [0.15, 0.2) is 5.58 Å². The summed E-state index contributed by atoms with van der Waals surface area (Å²) in [6, 6.07) is 8.99. The van der Waals surface area contributed by atoms with Crippen molar-refractivity contribution in [3.8, 4) is 11.5 Å². The van der Waals surface area contributed by atoms with E-state index in [4.69, 9.17) is 9.52 Å². The molecule has 0 spiro atoms. The fraction of sp³-hybridized carbons (Fsp3) is 0.0667. The molecule has 4 nitrogen and oxygen atoms in total. The lowest BCUT2D eigenvalue weighted by Gasteiger charge is -2.00. The molecule has 1 heterocycles. The summed E-state index contributed by atoms with van der Waals surface area (Å²) in [4.78, 5) is 15.4. The van der Waals surface area contributed by atoms with Crippen LogP contribution in [-0.4, -0.2) is 16.1 Å². The summed E-state index contributed by atoms with van der Waals surface area (Å²) >= 11 is 0. The van der Waals surface area contributed by atoms with Gasteiger partial charge in [0.1, 0.15) is 16.9 Å². The van der Waals surface area contributed by atoms with Gasteiger partial charge < -0.3 is 9.52 Å². The minimum atomic E-state index is -1.07. The molecule has 0 fully saturated rings. The van der Waals surface area contributed by atoms with Gasteiger partial charge in [-0.1, -0.05) is 6.07 Å². The van der Waals surface area contributed by atoms with Crippen LogP contribution in [0, 0.1) is 12.7 Å². The third-order valence-corrected chi connectivity index (χ3v) is 3.06. The third kappa shape index (κ3) is 1.93. The van der Waals surface area contributed by atoms with E-state index >= 15 is 0 Å². The molecule has 3 aromatic rings. The number of nitrogens with zero attached hydrogens (tertiary/aromatic N) is 1. The third-order valence-electron chi connectivity index (χ3n) is 3.06. The number of carbonyl (C=O) groups is 1. The zero-order valence-corrected chi connectivity index (χ0v) is 10.6. The molecule has 0 aliphatic heterocycles. The van der Waals surface area contributed by atoms with Crippen LogP contribution in [-0.2, 0) is 0 Å². The topological polar surface area (TPSA) is 63.3 Å². The minimum absolute atomic E-state index is 0.0565. The van der Waals surface area contributed by atoms with Crippen molar-refractivity contribution < 1.29 is 18.7 Å². The molecule has 2 aromatic carbocycles. The molecule has 3 rings (SSSR count). The Morgan fingerprint density at radius 2 is 2.10 bits per heavy atom. The fourth-order valence-corrected chi connectivity index (χ4v) is 2.10. The highest BCUT2D eigenvalue weighted by Gasteiger charge is 2.16. The Balaban J connectivity index is 2.23. The molecule has 0 saturated carbocycles. The zero-order valence-electron chi connectivity index (χ0n) is 10.6. The van der Waals surface area contributed by atoms with Gasteiger partial charge in [-0.05, 0) is 42.8 Å². The van der Waals surface area contributed by atoms with Crippen LogP contribution in [0.1, 0.15) is 15.9 Å². The van der Waals surface area contributed by atoms with Crippen molar-refractivity contribution >= 4 is 17.1 Å². The zero-order chi connectivity index (χ0) is 14.3. The van der Waals surface area contributed by atoms with Crippen molar-refractivity contribution in [2.75, 3.05) is 0 Å². The number of hydrogen-bond donors (Lipinski definition) is 1. The van der Waals surface area contributed by atoms with E-state index in [0.29, 0.717) is 16.6 Å². The second-order valence-corrected chi connectivity index (χ2v) is 4.44. The number of benzene rings is 2. The van der Waals surface area contributed by atoms with Crippen LogP contribution in [0.25, 0.3) is 22.6 Å². The molecule has 1 aromatic heterocycles. The average Bonchev–Trinajstić information content (AvgIpc) is 2.81. The average molecular weight is 271 g/mol. The molecular formula is C15H10FNO3. The molecule has 1 N–H and O–H groups in total. The van der Waals surface area contributed by atoms with Gasteiger partial charge in [0, 0.05) is 5.56 Å². The summed E-state index contributed by atoms with van der Waals surface area (Å²) in [6.07, 6.45) is 0. The Bertz CT molecular complexity index is 823. The smallest absolute Gasteiger partial charge is 0.339 e. The first kappa shape index (κ1) is 12.3. The Morgan fingerprint density at radius 1 is 1.30 bits per heavy atom. The van der Waals surface area contributed by atoms with Crippen molar-refractivity contribution in [3.63, 3.8) is 0 Å². The summed E-state index contributed by atoms with van der Waals surface area (Å²) in [5.41, 5.74) is 2.05. The minimum Gasteiger partial charge on any atom is -0.478 e. The van der Waals surface area contributed by atoms with Crippen LogP contribution < -0.4 is 0 Å². The molecule has 0 atom stereocenters. The molecular weight excluding hydrogens is 261 g/mol. The number of fused-ring (bicyclic) bond motifs is 1. The molecule has 0 unspecified atom stereocenters. The maximum absolute atomic E-state index is 13.1. The van der Waals surface area contributed by atoms with Gasteiger partial charge in [0.05, 0.1) is 0 Å². The fourth-order valence-electron chi connectivity index (χ4n) is 2.10. The van der Waals surface area contributed by atoms with Gasteiger partial charge in [-0.15, -0.1) is 0 Å². The molecule has 0 bridgehead atoms. The van der Waals surface area contributed by atoms with Gasteiger partial charge in [-0.2, -0.15) is 0 Å². The number of halogens is 1. The summed E-state index contributed by atoms with van der Waals surface area (Å²) < 4.78 is 18.7. The summed E-state index contributed by atoms with van der Waals surface area (Å²) in [7, 11) is 0. The standard InChI is InChI=1S/C15H10FNO3/c1-8-7-9(16)5-6-10(8)14-17-12-4-2-3-11(15(18)19)13(12)20-14/h2-7H,1H3,(H,18,19). The van der Waals surface area contributed by atoms with E-state index in [1.54, 1.807) is 25.1 Å². The van der Waals surface area contributed by atoms with E-state index in [9.17, 15) is 9.18 Å². The van der Waals surface area contributed by atoms with Gasteiger partial charge >= 0.3 is 5.97 Å². The second kappa shape index (κ2) is 4.45. The Hall–Kier alpha value is -2.69. The Morgan fingerprint density at radius 3 is 2.80 bits per heavy atom. The van der Waals surface area contributed by atoms with Crippen LogP contribution in [0.3, 0.4) is 0 Å². The summed E-state index contributed by atoms with van der Waals surface area (Å²) in [5.74, 6) is -1.13. The first-order chi connectivity index (χ1) is 9.56. The van der Waals surface area contributed by atoms with E-state index in [2.05, 4.69) is 4.98 Å². The molecule has 20 heavy (non-hydrogen) atoms. The van der Waals surface area contributed by atoms with Gasteiger partial charge in [-0.25, -0.2) is 14.2 Å². The SMILES string of the molecule is Cc1cc(F)ccc1-c1nc2cccc(C(=O)O)c2o1. The quantitative estimate of drug-likeness (QED) is 0.772. The van der Waals surface area contributed by atoms with E-state index < -0.39 is 5.97 Å². The largest absolute Gasteiger partial charge is 0.478 e. The number of aromatic nitrogens is 1. The van der Waals surface area contributed by atoms with Gasteiger partial charge in [0.25, 0.3) is 0 Å². The molecule has 0 amide bonds. The summed E-state index contributed by atoms with van der Waals surface area (Å²) in [5, 5.41) is 9.12. The van der Waals surface area contributed by atoms with E-state index in [-0.39, 0.29) is 22.9 Å². The lowest BCUT2D eigenvalue weighted by molar-refractivity contribution is 0.0698. The summed E-state index contributed by atoms with van der Waals surface area (Å²) in [6.45, 7) is 1.74. The maximum atomic E-state index is 13.1. The predicted octanol–water partition coefficient (Wildman–Crippen LogP) is 3.64. The number of carboxylic acids is 1. The first-order valence-electron chi connectivity index (χ1n) is 5.95. The molecule has 100 valence electrons. The van der Waals surface area contributed by atoms with Gasteiger partial charge in [0.2, 0.25) is 5.89 Å². The molecule has 5 heteroatoms. The highest BCUT2D eigenvalue weighted by molar-refractivity contribution is 6.00. The van der Waals surface area contributed by atoms with Crippen molar-refractivity contribution in [2.24, 2.45) is 0 Å². The predicted molar refractivity (Wildman–Crippen MR) is 71.1 cm³/mol. The second-order valence-electron chi connectivity index (χ2n) is 4.44. The van der Waals surface area contributed by atoms with Crippen molar-refractivity contribution in [1.29, 1.82) is 0 Å². The number of para-hydroxylation sites is 1. The van der Waals surface area contributed by atoms with Crippen molar-refractivity contribution in [2.45, 2.75) is 6.92 Å². The van der Waals surface area contributed by atoms with Crippen LogP contribution >= 0.6 is 0 Å². The maximum Gasteiger partial charge on any atom is 0.339 e. The highest BCUT2D eigenvalue weighted by atomic mass is 19.1. The molecule has 0 aliphatic carbocycles. The number of aryl methyl sites for hydroxylation is 1.